The summed E-state index contributed by atoms with van der Waals surface area (Å²) < 4.78 is 0. The normalized spacial score (nSPS) is 20.5. The van der Waals surface area contributed by atoms with Crippen LogP contribution in [0, 0.1) is 10.1 Å². The molecule has 1 heterocycles. The number of benzene rings is 1. The van der Waals surface area contributed by atoms with Gasteiger partial charge < -0.3 is 5.32 Å². The van der Waals surface area contributed by atoms with Crippen molar-refractivity contribution in [2.75, 3.05) is 6.54 Å². The summed E-state index contributed by atoms with van der Waals surface area (Å²) in [7, 11) is 0. The summed E-state index contributed by atoms with van der Waals surface area (Å²) >= 11 is 5.85. The van der Waals surface area contributed by atoms with E-state index in [4.69, 9.17) is 11.6 Å². The number of rotatable bonds is 2. The fraction of sp³-hybridized carbons (Fsp3) is 0.400. The molecule has 0 unspecified atom stereocenters. The Kier molecular flexibility index (Phi) is 2.88. The Morgan fingerprint density at radius 1 is 1.53 bits per heavy atom. The Balaban J connectivity index is 2.41. The summed E-state index contributed by atoms with van der Waals surface area (Å²) in [5.41, 5.74) is 0.851. The maximum absolute atomic E-state index is 10.8. The van der Waals surface area contributed by atoms with Gasteiger partial charge in [-0.25, -0.2) is 0 Å². The molecule has 0 radical (unpaired) electrons. The predicted octanol–water partition coefficient (Wildman–Crippen LogP) is 2.67. The topological polar surface area (TPSA) is 55.2 Å². The highest BCUT2D eigenvalue weighted by Crippen LogP contribution is 2.32. The maximum Gasteiger partial charge on any atom is 0.274 e. The third-order valence-corrected chi connectivity index (χ3v) is 2.86. The van der Waals surface area contributed by atoms with E-state index in [2.05, 4.69) is 5.32 Å². The van der Waals surface area contributed by atoms with Crippen LogP contribution in [0.4, 0.5) is 5.69 Å². The second-order valence-corrected chi connectivity index (χ2v) is 4.05. The number of hydrogen-bond donors (Lipinski definition) is 1. The van der Waals surface area contributed by atoms with Crippen LogP contribution in [-0.4, -0.2) is 11.5 Å². The van der Waals surface area contributed by atoms with Gasteiger partial charge in [0, 0.05) is 22.7 Å². The van der Waals surface area contributed by atoms with Crippen LogP contribution in [0.3, 0.4) is 0 Å². The van der Waals surface area contributed by atoms with Crippen molar-refractivity contribution in [3.63, 3.8) is 0 Å². The minimum atomic E-state index is -0.355. The predicted molar refractivity (Wildman–Crippen MR) is 58.1 cm³/mol. The third-order valence-electron chi connectivity index (χ3n) is 2.62. The van der Waals surface area contributed by atoms with Crippen LogP contribution >= 0.6 is 11.6 Å². The SMILES string of the molecule is O=[N+]([O-])c1ccc(Cl)cc1[C@H]1CCCN1. The first-order chi connectivity index (χ1) is 7.18. The molecule has 0 aliphatic carbocycles. The lowest BCUT2D eigenvalue weighted by Gasteiger charge is -2.10. The molecule has 5 heteroatoms. The number of hydrogen-bond acceptors (Lipinski definition) is 3. The van der Waals surface area contributed by atoms with Crippen LogP contribution in [0.5, 0.6) is 0 Å². The van der Waals surface area contributed by atoms with Crippen LogP contribution in [0.1, 0.15) is 24.4 Å². The summed E-state index contributed by atoms with van der Waals surface area (Å²) in [5.74, 6) is 0. The monoisotopic (exact) mass is 226 g/mol. The van der Waals surface area contributed by atoms with E-state index in [9.17, 15) is 10.1 Å². The Morgan fingerprint density at radius 2 is 2.33 bits per heavy atom. The van der Waals surface area contributed by atoms with Crippen LogP contribution in [0.25, 0.3) is 0 Å². The molecule has 1 aliphatic heterocycles. The Labute approximate surface area is 92.4 Å². The van der Waals surface area contributed by atoms with Crippen LogP contribution < -0.4 is 5.32 Å². The van der Waals surface area contributed by atoms with Gasteiger partial charge >= 0.3 is 0 Å². The average Bonchev–Trinajstić information content (AvgIpc) is 2.69. The van der Waals surface area contributed by atoms with Crippen molar-refractivity contribution in [3.8, 4) is 0 Å². The average molecular weight is 227 g/mol. The van der Waals surface area contributed by atoms with E-state index in [-0.39, 0.29) is 16.7 Å². The Bertz CT molecular complexity index is 389. The van der Waals surface area contributed by atoms with E-state index >= 15 is 0 Å². The van der Waals surface area contributed by atoms with Gasteiger partial charge in [0.15, 0.2) is 0 Å². The molecule has 15 heavy (non-hydrogen) atoms. The quantitative estimate of drug-likeness (QED) is 0.623. The number of nitrogens with one attached hydrogen (secondary N) is 1. The largest absolute Gasteiger partial charge is 0.310 e. The molecule has 1 aliphatic rings. The molecule has 0 spiro atoms. The van der Waals surface area contributed by atoms with Crippen LogP contribution in [-0.2, 0) is 0 Å². The van der Waals surface area contributed by atoms with E-state index in [1.54, 1.807) is 12.1 Å². The van der Waals surface area contributed by atoms with Gasteiger partial charge in [-0.2, -0.15) is 0 Å². The molecular formula is C10H11ClN2O2. The Morgan fingerprint density at radius 3 is 2.93 bits per heavy atom. The van der Waals surface area contributed by atoms with Gasteiger partial charge in [0.25, 0.3) is 5.69 Å². The molecule has 0 saturated carbocycles. The molecule has 1 aromatic rings. The minimum absolute atomic E-state index is 0.0732. The van der Waals surface area contributed by atoms with Crippen LogP contribution in [0.15, 0.2) is 18.2 Å². The Hall–Kier alpha value is -1.13. The van der Waals surface area contributed by atoms with Gasteiger partial charge in [0.05, 0.1) is 4.92 Å². The summed E-state index contributed by atoms with van der Waals surface area (Å²) in [6.07, 6.45) is 1.98. The number of nitro groups is 1. The molecule has 80 valence electrons. The minimum Gasteiger partial charge on any atom is -0.310 e. The molecule has 1 atom stereocenters. The number of nitro benzene ring substituents is 1. The summed E-state index contributed by atoms with van der Waals surface area (Å²) in [4.78, 5) is 10.5. The fourth-order valence-electron chi connectivity index (χ4n) is 1.92. The first-order valence-corrected chi connectivity index (χ1v) is 5.23. The van der Waals surface area contributed by atoms with Gasteiger partial charge in [-0.3, -0.25) is 10.1 Å². The van der Waals surface area contributed by atoms with Crippen molar-refractivity contribution < 1.29 is 4.92 Å². The number of nitrogens with zero attached hydrogens (tertiary/aromatic N) is 1. The molecule has 1 fully saturated rings. The summed E-state index contributed by atoms with van der Waals surface area (Å²) in [5, 5.41) is 14.6. The molecule has 1 saturated heterocycles. The van der Waals surface area contributed by atoms with Crippen molar-refractivity contribution >= 4 is 17.3 Å². The van der Waals surface area contributed by atoms with E-state index in [1.165, 1.54) is 6.07 Å². The van der Waals surface area contributed by atoms with Crippen molar-refractivity contribution in [1.82, 2.24) is 5.32 Å². The van der Waals surface area contributed by atoms with Crippen molar-refractivity contribution in [3.05, 3.63) is 38.9 Å². The molecule has 0 aromatic heterocycles. The van der Waals surface area contributed by atoms with Gasteiger partial charge in [-0.15, -0.1) is 0 Å². The molecule has 0 bridgehead atoms. The van der Waals surface area contributed by atoms with E-state index in [0.717, 1.165) is 19.4 Å². The molecule has 4 nitrogen and oxygen atoms in total. The highest BCUT2D eigenvalue weighted by Gasteiger charge is 2.24. The van der Waals surface area contributed by atoms with Crippen molar-refractivity contribution in [1.29, 1.82) is 0 Å². The maximum atomic E-state index is 10.8. The standard InChI is InChI=1S/C10H11ClN2O2/c11-7-3-4-10(13(14)15)8(6-7)9-2-1-5-12-9/h3-4,6,9,12H,1-2,5H2/t9-/m1/s1. The van der Waals surface area contributed by atoms with Gasteiger partial charge in [0.2, 0.25) is 0 Å². The van der Waals surface area contributed by atoms with Gasteiger partial charge in [0.1, 0.15) is 0 Å². The summed E-state index contributed by atoms with van der Waals surface area (Å²) in [6.45, 7) is 0.911. The zero-order chi connectivity index (χ0) is 10.8. The van der Waals surface area contributed by atoms with Crippen LogP contribution in [0.2, 0.25) is 5.02 Å². The number of halogens is 1. The molecule has 0 amide bonds. The molecular weight excluding hydrogens is 216 g/mol. The van der Waals surface area contributed by atoms with Gasteiger partial charge in [-0.05, 0) is 31.5 Å². The molecule has 1 N–H and O–H groups in total. The second-order valence-electron chi connectivity index (χ2n) is 3.61. The first-order valence-electron chi connectivity index (χ1n) is 4.85. The molecule has 1 aromatic carbocycles. The zero-order valence-corrected chi connectivity index (χ0v) is 8.83. The zero-order valence-electron chi connectivity index (χ0n) is 8.07. The lowest BCUT2D eigenvalue weighted by Crippen LogP contribution is -2.14. The van der Waals surface area contributed by atoms with Gasteiger partial charge in [-0.1, -0.05) is 11.6 Å². The van der Waals surface area contributed by atoms with Crippen molar-refractivity contribution in [2.45, 2.75) is 18.9 Å². The fourth-order valence-corrected chi connectivity index (χ4v) is 2.10. The van der Waals surface area contributed by atoms with Crippen molar-refractivity contribution in [2.24, 2.45) is 0 Å². The smallest absolute Gasteiger partial charge is 0.274 e. The highest BCUT2D eigenvalue weighted by atomic mass is 35.5. The lowest BCUT2D eigenvalue weighted by molar-refractivity contribution is -0.385. The second kappa shape index (κ2) is 4.16. The first kappa shape index (κ1) is 10.4. The highest BCUT2D eigenvalue weighted by molar-refractivity contribution is 6.30. The van der Waals surface area contributed by atoms with E-state index in [0.29, 0.717) is 10.6 Å². The summed E-state index contributed by atoms with van der Waals surface area (Å²) in [6, 6.07) is 4.78. The molecule has 2 rings (SSSR count). The third kappa shape index (κ3) is 2.11. The van der Waals surface area contributed by atoms with E-state index < -0.39 is 0 Å². The lowest BCUT2D eigenvalue weighted by atomic mass is 10.0. The van der Waals surface area contributed by atoms with E-state index in [1.807, 2.05) is 0 Å².